The summed E-state index contributed by atoms with van der Waals surface area (Å²) in [6.07, 6.45) is 1.27. The molecule has 0 fully saturated rings. The minimum Gasteiger partial charge on any atom is -0.396 e. The number of benzene rings is 1. The lowest BCUT2D eigenvalue weighted by atomic mass is 10.1. The molecule has 1 unspecified atom stereocenters. The first kappa shape index (κ1) is 17.2. The van der Waals surface area contributed by atoms with Crippen molar-refractivity contribution < 1.29 is 17.9 Å². The molecule has 5 nitrogen and oxygen atoms in total. The zero-order valence-electron chi connectivity index (χ0n) is 11.1. The van der Waals surface area contributed by atoms with Crippen molar-refractivity contribution in [1.29, 1.82) is 0 Å². The molecule has 1 rings (SSSR count). The van der Waals surface area contributed by atoms with E-state index in [0.29, 0.717) is 12.8 Å². The molecule has 0 radical (unpaired) electrons. The molecule has 0 saturated heterocycles. The third-order valence-corrected chi connectivity index (χ3v) is 4.74. The Kier molecular flexibility index (Phi) is 6.19. The second-order valence-electron chi connectivity index (χ2n) is 4.63. The Morgan fingerprint density at radius 2 is 2.15 bits per heavy atom. The molecule has 0 saturated carbocycles. The molecule has 1 aromatic carbocycles. The number of halogens is 2. The molecular weight excluding hydrogens is 307 g/mol. The fourth-order valence-electron chi connectivity index (χ4n) is 1.58. The van der Waals surface area contributed by atoms with Crippen molar-refractivity contribution in [2.24, 2.45) is 5.92 Å². The standard InChI is InChI=1S/C12H18ClFN2O3S/c1-8(7-17)3-2-4-16-20(18,19)12-6-11(15)10(14)5-9(12)13/h5-6,8,16-17H,2-4,7,15H2,1H3. The molecule has 0 aliphatic carbocycles. The van der Waals surface area contributed by atoms with Crippen LogP contribution in [-0.4, -0.2) is 26.7 Å². The SMILES string of the molecule is CC(CO)CCCNS(=O)(=O)c1cc(N)c(F)cc1Cl. The van der Waals surface area contributed by atoms with Crippen LogP contribution in [0.15, 0.2) is 17.0 Å². The van der Waals surface area contributed by atoms with Crippen molar-refractivity contribution in [3.63, 3.8) is 0 Å². The van der Waals surface area contributed by atoms with Gasteiger partial charge < -0.3 is 10.8 Å². The molecule has 8 heteroatoms. The predicted molar refractivity (Wildman–Crippen MR) is 76.5 cm³/mol. The fraction of sp³-hybridized carbons (Fsp3) is 0.500. The molecule has 0 spiro atoms. The molecule has 0 aliphatic heterocycles. The van der Waals surface area contributed by atoms with Gasteiger partial charge in [-0.15, -0.1) is 0 Å². The van der Waals surface area contributed by atoms with Gasteiger partial charge in [-0.1, -0.05) is 18.5 Å². The lowest BCUT2D eigenvalue weighted by Crippen LogP contribution is -2.25. The first-order valence-corrected chi connectivity index (χ1v) is 7.99. The number of hydrogen-bond acceptors (Lipinski definition) is 4. The van der Waals surface area contributed by atoms with E-state index in [1.54, 1.807) is 0 Å². The number of nitrogens with two attached hydrogens (primary N) is 1. The van der Waals surface area contributed by atoms with Crippen LogP contribution in [0.2, 0.25) is 5.02 Å². The van der Waals surface area contributed by atoms with Gasteiger partial charge in [0.05, 0.1) is 10.7 Å². The molecule has 0 amide bonds. The van der Waals surface area contributed by atoms with Crippen LogP contribution >= 0.6 is 11.6 Å². The predicted octanol–water partition coefficient (Wildman–Crippen LogP) is 1.75. The zero-order valence-corrected chi connectivity index (χ0v) is 12.6. The van der Waals surface area contributed by atoms with Crippen LogP contribution in [0, 0.1) is 11.7 Å². The van der Waals surface area contributed by atoms with Gasteiger partial charge in [0.1, 0.15) is 10.7 Å². The number of sulfonamides is 1. The highest BCUT2D eigenvalue weighted by molar-refractivity contribution is 7.89. The highest BCUT2D eigenvalue weighted by Crippen LogP contribution is 2.26. The first-order valence-electron chi connectivity index (χ1n) is 6.13. The summed E-state index contributed by atoms with van der Waals surface area (Å²) >= 11 is 5.72. The average Bonchev–Trinajstić information content (AvgIpc) is 2.38. The number of rotatable bonds is 7. The van der Waals surface area contributed by atoms with Gasteiger partial charge in [-0.3, -0.25) is 0 Å². The summed E-state index contributed by atoms with van der Waals surface area (Å²) in [5, 5.41) is 8.64. The van der Waals surface area contributed by atoms with Crippen LogP contribution in [0.25, 0.3) is 0 Å². The summed E-state index contributed by atoms with van der Waals surface area (Å²) in [7, 11) is -3.83. The molecule has 114 valence electrons. The number of hydrogen-bond donors (Lipinski definition) is 3. The number of anilines is 1. The van der Waals surface area contributed by atoms with Crippen molar-refractivity contribution in [2.45, 2.75) is 24.7 Å². The van der Waals surface area contributed by atoms with Crippen LogP contribution in [0.5, 0.6) is 0 Å². The van der Waals surface area contributed by atoms with E-state index in [2.05, 4.69) is 4.72 Å². The number of aliphatic hydroxyl groups is 1. The lowest BCUT2D eigenvalue weighted by molar-refractivity contribution is 0.228. The smallest absolute Gasteiger partial charge is 0.242 e. The van der Waals surface area contributed by atoms with Crippen LogP contribution in [0.3, 0.4) is 0 Å². The summed E-state index contributed by atoms with van der Waals surface area (Å²) in [5.41, 5.74) is 5.07. The monoisotopic (exact) mass is 324 g/mol. The lowest BCUT2D eigenvalue weighted by Gasteiger charge is -2.11. The Morgan fingerprint density at radius 1 is 1.50 bits per heavy atom. The largest absolute Gasteiger partial charge is 0.396 e. The van der Waals surface area contributed by atoms with Gasteiger partial charge in [0.25, 0.3) is 0 Å². The van der Waals surface area contributed by atoms with E-state index < -0.39 is 15.8 Å². The number of aliphatic hydroxyl groups excluding tert-OH is 1. The molecule has 0 heterocycles. The summed E-state index contributed by atoms with van der Waals surface area (Å²) in [6.45, 7) is 2.14. The van der Waals surface area contributed by atoms with Crippen molar-refractivity contribution >= 4 is 27.3 Å². The first-order chi connectivity index (χ1) is 9.27. The Hall–Kier alpha value is -0.890. The Labute approximate surface area is 123 Å². The molecule has 0 bridgehead atoms. The van der Waals surface area contributed by atoms with Crippen molar-refractivity contribution in [1.82, 2.24) is 4.72 Å². The maximum Gasteiger partial charge on any atom is 0.242 e. The maximum absolute atomic E-state index is 13.1. The molecule has 0 aliphatic rings. The van der Waals surface area contributed by atoms with E-state index in [0.717, 1.165) is 12.1 Å². The Bertz CT molecular complexity index is 566. The van der Waals surface area contributed by atoms with Gasteiger partial charge >= 0.3 is 0 Å². The van der Waals surface area contributed by atoms with Gasteiger partial charge in [-0.05, 0) is 30.9 Å². The normalized spacial score (nSPS) is 13.4. The van der Waals surface area contributed by atoms with E-state index in [1.165, 1.54) is 0 Å². The third kappa shape index (κ3) is 4.59. The topological polar surface area (TPSA) is 92.4 Å². The molecular formula is C12H18ClFN2O3S. The van der Waals surface area contributed by atoms with Crippen LogP contribution in [-0.2, 0) is 10.0 Å². The molecule has 4 N–H and O–H groups in total. The summed E-state index contributed by atoms with van der Waals surface area (Å²) in [6, 6.07) is 1.87. The average molecular weight is 325 g/mol. The number of nitrogen functional groups attached to an aromatic ring is 1. The van der Waals surface area contributed by atoms with E-state index in [4.69, 9.17) is 22.4 Å². The second-order valence-corrected chi connectivity index (χ2v) is 6.77. The maximum atomic E-state index is 13.1. The van der Waals surface area contributed by atoms with Crippen LogP contribution in [0.4, 0.5) is 10.1 Å². The van der Waals surface area contributed by atoms with Crippen molar-refractivity contribution in [3.05, 3.63) is 23.0 Å². The van der Waals surface area contributed by atoms with Gasteiger partial charge in [-0.25, -0.2) is 17.5 Å². The van der Waals surface area contributed by atoms with E-state index in [-0.39, 0.29) is 34.7 Å². The Balaban J connectivity index is 2.72. The van der Waals surface area contributed by atoms with E-state index in [9.17, 15) is 12.8 Å². The van der Waals surface area contributed by atoms with Gasteiger partial charge in [0.15, 0.2) is 0 Å². The third-order valence-electron chi connectivity index (χ3n) is 2.82. The fourth-order valence-corrected chi connectivity index (χ4v) is 3.20. The Morgan fingerprint density at radius 3 is 2.75 bits per heavy atom. The summed E-state index contributed by atoms with van der Waals surface area (Å²) < 4.78 is 39.5. The van der Waals surface area contributed by atoms with Gasteiger partial charge in [0.2, 0.25) is 10.0 Å². The molecule has 1 atom stereocenters. The van der Waals surface area contributed by atoms with E-state index >= 15 is 0 Å². The molecule has 0 aromatic heterocycles. The van der Waals surface area contributed by atoms with Crippen molar-refractivity contribution in [3.8, 4) is 0 Å². The second kappa shape index (κ2) is 7.21. The summed E-state index contributed by atoms with van der Waals surface area (Å²) in [5.74, 6) is -0.643. The minimum absolute atomic E-state index is 0.0626. The summed E-state index contributed by atoms with van der Waals surface area (Å²) in [4.78, 5) is -0.242. The van der Waals surface area contributed by atoms with E-state index in [1.807, 2.05) is 6.92 Å². The van der Waals surface area contributed by atoms with Crippen LogP contribution in [0.1, 0.15) is 19.8 Å². The highest BCUT2D eigenvalue weighted by Gasteiger charge is 2.19. The van der Waals surface area contributed by atoms with Gasteiger partial charge in [-0.2, -0.15) is 0 Å². The van der Waals surface area contributed by atoms with Crippen molar-refractivity contribution in [2.75, 3.05) is 18.9 Å². The quantitative estimate of drug-likeness (QED) is 0.526. The molecule has 1 aromatic rings. The molecule has 20 heavy (non-hydrogen) atoms. The van der Waals surface area contributed by atoms with Gasteiger partial charge in [0, 0.05) is 13.2 Å². The highest BCUT2D eigenvalue weighted by atomic mass is 35.5. The van der Waals surface area contributed by atoms with Crippen LogP contribution < -0.4 is 10.5 Å². The minimum atomic E-state index is -3.83. The number of nitrogens with one attached hydrogen (secondary N) is 1. The zero-order chi connectivity index (χ0) is 15.3.